The highest BCUT2D eigenvalue weighted by Crippen LogP contribution is 2.37. The number of hydrogen-bond acceptors (Lipinski definition) is 8. The molecule has 0 N–H and O–H groups in total. The first kappa shape index (κ1) is 14.6. The Bertz CT molecular complexity index is 1050. The Hall–Kier alpha value is -2.71. The van der Waals surface area contributed by atoms with Crippen molar-refractivity contribution >= 4 is 37.6 Å². The highest BCUT2D eigenvalue weighted by atomic mass is 32.1. The number of rotatable bonds is 2. The Labute approximate surface area is 147 Å². The van der Waals surface area contributed by atoms with Crippen LogP contribution in [-0.4, -0.2) is 51.5 Å². The maximum Gasteiger partial charge on any atom is 0.163 e. The summed E-state index contributed by atoms with van der Waals surface area (Å²) in [4.78, 5) is 17.0. The Balaban J connectivity index is 1.80. The Kier molecular flexibility index (Phi) is 3.50. The molecule has 0 amide bonds. The molecule has 124 valence electrons. The SMILES string of the molecule is c1cncc(-c2nc(N3CCOCC3)c3sc4nnccc4c3n2)c1. The van der Waals surface area contributed by atoms with E-state index in [4.69, 9.17) is 14.7 Å². The van der Waals surface area contributed by atoms with Gasteiger partial charge in [-0.3, -0.25) is 4.98 Å². The zero-order valence-electron chi connectivity index (χ0n) is 13.3. The number of anilines is 1. The molecule has 0 saturated carbocycles. The van der Waals surface area contributed by atoms with Gasteiger partial charge < -0.3 is 9.64 Å². The molecule has 0 atom stereocenters. The van der Waals surface area contributed by atoms with Crippen LogP contribution in [0.2, 0.25) is 0 Å². The fraction of sp³-hybridized carbons (Fsp3) is 0.235. The number of nitrogens with zero attached hydrogens (tertiary/aromatic N) is 6. The Morgan fingerprint density at radius 1 is 1.08 bits per heavy atom. The number of aromatic nitrogens is 5. The number of ether oxygens (including phenoxy) is 1. The van der Waals surface area contributed by atoms with E-state index in [1.807, 2.05) is 18.2 Å². The van der Waals surface area contributed by atoms with E-state index < -0.39 is 0 Å². The highest BCUT2D eigenvalue weighted by Gasteiger charge is 2.21. The second kappa shape index (κ2) is 5.98. The first-order valence-electron chi connectivity index (χ1n) is 8.05. The minimum atomic E-state index is 0.679. The van der Waals surface area contributed by atoms with Crippen molar-refractivity contribution in [1.82, 2.24) is 25.1 Å². The molecule has 0 spiro atoms. The molecule has 0 aromatic carbocycles. The van der Waals surface area contributed by atoms with Gasteiger partial charge in [-0.2, -0.15) is 5.10 Å². The van der Waals surface area contributed by atoms with Crippen LogP contribution in [0.1, 0.15) is 0 Å². The van der Waals surface area contributed by atoms with Gasteiger partial charge in [0.15, 0.2) is 11.6 Å². The van der Waals surface area contributed by atoms with Crippen molar-refractivity contribution in [3.8, 4) is 11.4 Å². The van der Waals surface area contributed by atoms with E-state index in [2.05, 4.69) is 20.1 Å². The third-order valence-electron chi connectivity index (χ3n) is 4.22. The fourth-order valence-electron chi connectivity index (χ4n) is 3.00. The molecule has 0 unspecified atom stereocenters. The summed E-state index contributed by atoms with van der Waals surface area (Å²) in [6.45, 7) is 3.05. The van der Waals surface area contributed by atoms with Crippen LogP contribution in [0.4, 0.5) is 5.82 Å². The Morgan fingerprint density at radius 2 is 2.00 bits per heavy atom. The number of thiophene rings is 1. The lowest BCUT2D eigenvalue weighted by Gasteiger charge is -2.28. The summed E-state index contributed by atoms with van der Waals surface area (Å²) in [6, 6.07) is 5.84. The average molecular weight is 350 g/mol. The predicted octanol–water partition coefficient (Wildman–Crippen LogP) is 2.53. The predicted molar refractivity (Wildman–Crippen MR) is 96.8 cm³/mol. The molecule has 0 radical (unpaired) electrons. The summed E-state index contributed by atoms with van der Waals surface area (Å²) >= 11 is 1.59. The summed E-state index contributed by atoms with van der Waals surface area (Å²) in [5.41, 5.74) is 1.82. The monoisotopic (exact) mass is 350 g/mol. The molecule has 1 saturated heterocycles. The molecule has 25 heavy (non-hydrogen) atoms. The second-order valence-electron chi connectivity index (χ2n) is 5.74. The minimum absolute atomic E-state index is 0.679. The van der Waals surface area contributed by atoms with E-state index in [1.54, 1.807) is 29.9 Å². The van der Waals surface area contributed by atoms with Crippen molar-refractivity contribution in [3.63, 3.8) is 0 Å². The molecule has 8 heteroatoms. The van der Waals surface area contributed by atoms with Crippen LogP contribution in [0.15, 0.2) is 36.8 Å². The van der Waals surface area contributed by atoms with E-state index in [9.17, 15) is 0 Å². The topological polar surface area (TPSA) is 76.9 Å². The zero-order valence-corrected chi connectivity index (χ0v) is 14.1. The van der Waals surface area contributed by atoms with E-state index in [0.29, 0.717) is 19.0 Å². The van der Waals surface area contributed by atoms with Crippen molar-refractivity contribution in [1.29, 1.82) is 0 Å². The molecule has 0 aliphatic carbocycles. The van der Waals surface area contributed by atoms with Gasteiger partial charge in [-0.1, -0.05) is 0 Å². The lowest BCUT2D eigenvalue weighted by atomic mass is 10.2. The summed E-state index contributed by atoms with van der Waals surface area (Å²) in [5, 5.41) is 9.26. The number of fused-ring (bicyclic) bond motifs is 3. The van der Waals surface area contributed by atoms with E-state index in [0.717, 1.165) is 44.9 Å². The molecule has 5 heterocycles. The van der Waals surface area contributed by atoms with Crippen LogP contribution in [0.25, 0.3) is 31.8 Å². The molecule has 4 aromatic rings. The molecule has 1 aliphatic rings. The van der Waals surface area contributed by atoms with Gasteiger partial charge >= 0.3 is 0 Å². The number of hydrogen-bond donors (Lipinski definition) is 0. The second-order valence-corrected chi connectivity index (χ2v) is 6.74. The number of pyridine rings is 1. The van der Waals surface area contributed by atoms with Crippen molar-refractivity contribution in [2.24, 2.45) is 0 Å². The van der Waals surface area contributed by atoms with Gasteiger partial charge in [-0.25, -0.2) is 9.97 Å². The minimum Gasteiger partial charge on any atom is -0.378 e. The van der Waals surface area contributed by atoms with Crippen LogP contribution < -0.4 is 4.90 Å². The van der Waals surface area contributed by atoms with Crippen molar-refractivity contribution in [2.75, 3.05) is 31.2 Å². The van der Waals surface area contributed by atoms with Crippen molar-refractivity contribution in [3.05, 3.63) is 36.8 Å². The largest absolute Gasteiger partial charge is 0.378 e. The third-order valence-corrected chi connectivity index (χ3v) is 5.29. The van der Waals surface area contributed by atoms with Gasteiger partial charge in [0.1, 0.15) is 4.83 Å². The van der Waals surface area contributed by atoms with Crippen molar-refractivity contribution < 1.29 is 4.74 Å². The smallest absolute Gasteiger partial charge is 0.163 e. The quantitative estimate of drug-likeness (QED) is 0.550. The molecule has 0 bridgehead atoms. The maximum atomic E-state index is 5.49. The van der Waals surface area contributed by atoms with E-state index in [1.165, 1.54) is 0 Å². The van der Waals surface area contributed by atoms with E-state index in [-0.39, 0.29) is 0 Å². The molecule has 7 nitrogen and oxygen atoms in total. The van der Waals surface area contributed by atoms with Crippen LogP contribution in [0.5, 0.6) is 0 Å². The molecule has 5 rings (SSSR count). The molecule has 1 fully saturated rings. The first-order chi connectivity index (χ1) is 12.4. The van der Waals surface area contributed by atoms with Crippen LogP contribution >= 0.6 is 11.3 Å². The summed E-state index contributed by atoms with van der Waals surface area (Å²) in [7, 11) is 0. The molecular formula is C17H14N6OS. The lowest BCUT2D eigenvalue weighted by Crippen LogP contribution is -2.36. The maximum absolute atomic E-state index is 5.49. The molecule has 1 aliphatic heterocycles. The van der Waals surface area contributed by atoms with Crippen LogP contribution in [0, 0.1) is 0 Å². The normalized spacial score (nSPS) is 15.1. The highest BCUT2D eigenvalue weighted by molar-refractivity contribution is 7.25. The van der Waals surface area contributed by atoms with Gasteiger partial charge in [-0.05, 0) is 18.2 Å². The van der Waals surface area contributed by atoms with Gasteiger partial charge in [0, 0.05) is 36.4 Å². The summed E-state index contributed by atoms with van der Waals surface area (Å²) in [6.07, 6.45) is 5.24. The fourth-order valence-corrected chi connectivity index (χ4v) is 4.07. The van der Waals surface area contributed by atoms with Crippen LogP contribution in [0.3, 0.4) is 0 Å². The van der Waals surface area contributed by atoms with Crippen LogP contribution in [-0.2, 0) is 4.74 Å². The van der Waals surface area contributed by atoms with Crippen molar-refractivity contribution in [2.45, 2.75) is 0 Å². The van der Waals surface area contributed by atoms with Gasteiger partial charge in [0.25, 0.3) is 0 Å². The molecular weight excluding hydrogens is 336 g/mol. The van der Waals surface area contributed by atoms with Gasteiger partial charge in [0.05, 0.1) is 29.6 Å². The average Bonchev–Trinajstić information content (AvgIpc) is 3.07. The van der Waals surface area contributed by atoms with Gasteiger partial charge in [-0.15, -0.1) is 16.4 Å². The third kappa shape index (κ3) is 2.50. The van der Waals surface area contributed by atoms with Gasteiger partial charge in [0.2, 0.25) is 0 Å². The molecule has 4 aromatic heterocycles. The number of morpholine rings is 1. The summed E-state index contributed by atoms with van der Waals surface area (Å²) in [5.74, 6) is 1.62. The van der Waals surface area contributed by atoms with E-state index >= 15 is 0 Å². The first-order valence-corrected chi connectivity index (χ1v) is 8.87. The lowest BCUT2D eigenvalue weighted by molar-refractivity contribution is 0.122. The summed E-state index contributed by atoms with van der Waals surface area (Å²) < 4.78 is 6.54. The standard InChI is InChI=1S/C17H14N6OS/c1-2-11(10-18-4-1)15-20-13-12-3-5-19-22-17(12)25-14(13)16(21-15)23-6-8-24-9-7-23/h1-5,10H,6-9H2. The zero-order chi connectivity index (χ0) is 16.6. The Morgan fingerprint density at radius 3 is 2.84 bits per heavy atom.